The minimum absolute atomic E-state index is 0.0943. The molecule has 3 rings (SSSR count). The van der Waals surface area contributed by atoms with Gasteiger partial charge in [0.25, 0.3) is 0 Å². The third kappa shape index (κ3) is 1.63. The molecule has 1 atom stereocenters. The Labute approximate surface area is 96.7 Å². The first-order valence-corrected chi connectivity index (χ1v) is 5.85. The average Bonchev–Trinajstić information content (AvgIpc) is 2.84. The highest BCUT2D eigenvalue weighted by Gasteiger charge is 2.28. The summed E-state index contributed by atoms with van der Waals surface area (Å²) in [5, 5.41) is 3.26. The zero-order valence-electron chi connectivity index (χ0n) is 8.16. The second-order valence-electron chi connectivity index (χ2n) is 3.76. The molecule has 1 unspecified atom stereocenters. The number of amidine groups is 1. The highest BCUT2D eigenvalue weighted by molar-refractivity contribution is 9.10. The van der Waals surface area contributed by atoms with E-state index in [-0.39, 0.29) is 6.10 Å². The number of hydrogen-bond donors (Lipinski definition) is 1. The van der Waals surface area contributed by atoms with Crippen LogP contribution in [0.1, 0.15) is 5.56 Å². The average molecular weight is 267 g/mol. The number of rotatable bonds is 1. The van der Waals surface area contributed by atoms with Gasteiger partial charge in [-0.15, -0.1) is 0 Å². The fourth-order valence-electron chi connectivity index (χ4n) is 2.00. The Morgan fingerprint density at radius 3 is 3.20 bits per heavy atom. The first-order chi connectivity index (χ1) is 7.33. The van der Waals surface area contributed by atoms with Crippen molar-refractivity contribution >= 4 is 21.8 Å². The largest absolute Gasteiger partial charge is 0.482 e. The SMILES string of the molecule is Brc1ccc2c(c1)CC(C1=NCCN1)O2. The van der Waals surface area contributed by atoms with E-state index >= 15 is 0 Å². The van der Waals surface area contributed by atoms with Crippen molar-refractivity contribution in [3.8, 4) is 5.75 Å². The maximum absolute atomic E-state index is 5.83. The van der Waals surface area contributed by atoms with Crippen LogP contribution in [0.15, 0.2) is 27.7 Å². The van der Waals surface area contributed by atoms with Gasteiger partial charge in [-0.1, -0.05) is 15.9 Å². The van der Waals surface area contributed by atoms with Gasteiger partial charge in [0, 0.05) is 17.4 Å². The molecule has 2 aliphatic rings. The maximum atomic E-state index is 5.83. The lowest BCUT2D eigenvalue weighted by atomic mass is 10.1. The third-order valence-electron chi connectivity index (χ3n) is 2.70. The van der Waals surface area contributed by atoms with Crippen molar-refractivity contribution < 1.29 is 4.74 Å². The minimum Gasteiger partial charge on any atom is -0.482 e. The Kier molecular flexibility index (Phi) is 2.16. The smallest absolute Gasteiger partial charge is 0.159 e. The molecule has 0 spiro atoms. The van der Waals surface area contributed by atoms with Gasteiger partial charge in [0.05, 0.1) is 6.54 Å². The zero-order chi connectivity index (χ0) is 10.3. The van der Waals surface area contributed by atoms with Gasteiger partial charge in [0.1, 0.15) is 11.6 Å². The highest BCUT2D eigenvalue weighted by atomic mass is 79.9. The zero-order valence-corrected chi connectivity index (χ0v) is 9.75. The van der Waals surface area contributed by atoms with Crippen LogP contribution < -0.4 is 10.1 Å². The summed E-state index contributed by atoms with van der Waals surface area (Å²) in [6, 6.07) is 6.13. The molecule has 2 heterocycles. The van der Waals surface area contributed by atoms with Crippen molar-refractivity contribution in [2.75, 3.05) is 13.1 Å². The van der Waals surface area contributed by atoms with Crippen molar-refractivity contribution in [1.82, 2.24) is 5.32 Å². The summed E-state index contributed by atoms with van der Waals surface area (Å²) in [6.07, 6.45) is 1.01. The summed E-state index contributed by atoms with van der Waals surface area (Å²) < 4.78 is 6.94. The molecule has 78 valence electrons. The van der Waals surface area contributed by atoms with E-state index in [9.17, 15) is 0 Å². The van der Waals surface area contributed by atoms with Crippen LogP contribution in [0.5, 0.6) is 5.75 Å². The van der Waals surface area contributed by atoms with Gasteiger partial charge in [0.2, 0.25) is 0 Å². The Morgan fingerprint density at radius 1 is 1.47 bits per heavy atom. The van der Waals surface area contributed by atoms with E-state index in [1.807, 2.05) is 12.1 Å². The van der Waals surface area contributed by atoms with E-state index in [4.69, 9.17) is 4.74 Å². The molecule has 3 nitrogen and oxygen atoms in total. The van der Waals surface area contributed by atoms with Gasteiger partial charge in [-0.25, -0.2) is 0 Å². The van der Waals surface area contributed by atoms with Gasteiger partial charge in [-0.2, -0.15) is 0 Å². The van der Waals surface area contributed by atoms with Crippen LogP contribution in [0.2, 0.25) is 0 Å². The summed E-state index contributed by atoms with van der Waals surface area (Å²) in [6.45, 7) is 1.81. The molecule has 2 aliphatic heterocycles. The summed E-state index contributed by atoms with van der Waals surface area (Å²) in [4.78, 5) is 4.39. The normalized spacial score (nSPS) is 23.0. The number of halogens is 1. The van der Waals surface area contributed by atoms with Crippen molar-refractivity contribution in [3.63, 3.8) is 0 Å². The monoisotopic (exact) mass is 266 g/mol. The lowest BCUT2D eigenvalue weighted by Gasteiger charge is -2.10. The number of hydrogen-bond acceptors (Lipinski definition) is 3. The fraction of sp³-hybridized carbons (Fsp3) is 0.364. The van der Waals surface area contributed by atoms with Gasteiger partial charge in [-0.05, 0) is 23.8 Å². The molecule has 0 bridgehead atoms. The highest BCUT2D eigenvalue weighted by Crippen LogP contribution is 2.31. The summed E-state index contributed by atoms with van der Waals surface area (Å²) in [5.41, 5.74) is 1.26. The van der Waals surface area contributed by atoms with Crippen LogP contribution >= 0.6 is 15.9 Å². The molecule has 1 aromatic carbocycles. The quantitative estimate of drug-likeness (QED) is 0.841. The molecular formula is C11H11BrN2O. The summed E-state index contributed by atoms with van der Waals surface area (Å²) >= 11 is 3.47. The van der Waals surface area contributed by atoms with E-state index in [1.165, 1.54) is 5.56 Å². The van der Waals surface area contributed by atoms with Gasteiger partial charge in [0.15, 0.2) is 6.10 Å². The van der Waals surface area contributed by atoms with E-state index in [0.29, 0.717) is 0 Å². The Bertz CT molecular complexity index is 431. The number of benzene rings is 1. The summed E-state index contributed by atoms with van der Waals surface area (Å²) in [5.74, 6) is 1.99. The van der Waals surface area contributed by atoms with Crippen molar-refractivity contribution in [2.45, 2.75) is 12.5 Å². The number of aliphatic imine (C=N–C) groups is 1. The number of ether oxygens (including phenoxy) is 1. The summed E-state index contributed by atoms with van der Waals surface area (Å²) in [7, 11) is 0. The lowest BCUT2D eigenvalue weighted by Crippen LogP contribution is -2.34. The number of nitrogens with one attached hydrogen (secondary N) is 1. The minimum atomic E-state index is 0.0943. The Morgan fingerprint density at radius 2 is 2.40 bits per heavy atom. The molecule has 0 radical (unpaired) electrons. The number of nitrogens with zero attached hydrogens (tertiary/aromatic N) is 1. The molecule has 1 aromatic rings. The molecule has 0 aromatic heterocycles. The van der Waals surface area contributed by atoms with Crippen LogP contribution in [0.3, 0.4) is 0 Å². The van der Waals surface area contributed by atoms with E-state index < -0.39 is 0 Å². The molecule has 15 heavy (non-hydrogen) atoms. The van der Waals surface area contributed by atoms with Crippen molar-refractivity contribution in [2.24, 2.45) is 4.99 Å². The van der Waals surface area contributed by atoms with Crippen LogP contribution in [0, 0.1) is 0 Å². The van der Waals surface area contributed by atoms with Crippen molar-refractivity contribution in [1.29, 1.82) is 0 Å². The molecule has 0 aliphatic carbocycles. The first-order valence-electron chi connectivity index (χ1n) is 5.06. The second-order valence-corrected chi connectivity index (χ2v) is 4.67. The van der Waals surface area contributed by atoms with Crippen LogP contribution in [-0.2, 0) is 6.42 Å². The predicted molar refractivity (Wildman–Crippen MR) is 62.6 cm³/mol. The standard InChI is InChI=1S/C11H11BrN2O/c12-8-1-2-9-7(5-8)6-10(15-9)11-13-3-4-14-11/h1-2,5,10H,3-4,6H2,(H,13,14). The van der Waals surface area contributed by atoms with E-state index in [0.717, 1.165) is 35.6 Å². The fourth-order valence-corrected chi connectivity index (χ4v) is 2.41. The molecule has 1 N–H and O–H groups in total. The first kappa shape index (κ1) is 9.21. The Balaban J connectivity index is 1.85. The van der Waals surface area contributed by atoms with E-state index in [2.05, 4.69) is 32.3 Å². The number of fused-ring (bicyclic) bond motifs is 1. The van der Waals surface area contributed by atoms with E-state index in [1.54, 1.807) is 0 Å². The second kappa shape index (κ2) is 3.52. The van der Waals surface area contributed by atoms with Crippen LogP contribution in [0.4, 0.5) is 0 Å². The van der Waals surface area contributed by atoms with Gasteiger partial charge < -0.3 is 10.1 Å². The molecule has 0 fully saturated rings. The van der Waals surface area contributed by atoms with Crippen LogP contribution in [0.25, 0.3) is 0 Å². The molecule has 4 heteroatoms. The topological polar surface area (TPSA) is 33.6 Å². The van der Waals surface area contributed by atoms with Crippen molar-refractivity contribution in [3.05, 3.63) is 28.2 Å². The predicted octanol–water partition coefficient (Wildman–Crippen LogP) is 1.75. The van der Waals surface area contributed by atoms with Crippen LogP contribution in [-0.4, -0.2) is 25.0 Å². The Hall–Kier alpha value is -1.03. The molecule has 0 saturated carbocycles. The molecular weight excluding hydrogens is 256 g/mol. The third-order valence-corrected chi connectivity index (χ3v) is 3.20. The molecule has 0 amide bonds. The lowest BCUT2D eigenvalue weighted by molar-refractivity contribution is 0.298. The molecule has 0 saturated heterocycles. The maximum Gasteiger partial charge on any atom is 0.159 e. The van der Waals surface area contributed by atoms with Gasteiger partial charge in [-0.3, -0.25) is 4.99 Å². The van der Waals surface area contributed by atoms with Gasteiger partial charge >= 0.3 is 0 Å².